The second kappa shape index (κ2) is 6.05. The summed E-state index contributed by atoms with van der Waals surface area (Å²) in [6.07, 6.45) is 0.460. The van der Waals surface area contributed by atoms with E-state index >= 15 is 0 Å². The zero-order valence-corrected chi connectivity index (χ0v) is 9.69. The van der Waals surface area contributed by atoms with Gasteiger partial charge in [-0.25, -0.2) is 0 Å². The van der Waals surface area contributed by atoms with Crippen molar-refractivity contribution in [3.05, 3.63) is 35.9 Å². The Balaban J connectivity index is 2.39. The first kappa shape index (κ1) is 12.4. The molecule has 86 valence electrons. The Hall–Kier alpha value is -1.64. The smallest absolute Gasteiger partial charge is 0.220 e. The van der Waals surface area contributed by atoms with Crippen LogP contribution in [0.1, 0.15) is 30.6 Å². The van der Waals surface area contributed by atoms with Gasteiger partial charge in [-0.2, -0.15) is 0 Å². The van der Waals surface area contributed by atoms with Crippen LogP contribution in [0.25, 0.3) is 0 Å². The molecule has 1 N–H and O–H groups in total. The maximum absolute atomic E-state index is 11.6. The largest absolute Gasteiger partial charge is 0.349 e. The number of hydrogen-bond donors (Lipinski definition) is 1. The molecule has 0 unspecified atom stereocenters. The molecule has 0 aliphatic rings. The van der Waals surface area contributed by atoms with E-state index in [2.05, 4.69) is 5.32 Å². The van der Waals surface area contributed by atoms with E-state index < -0.39 is 0 Å². The van der Waals surface area contributed by atoms with Gasteiger partial charge in [-0.3, -0.25) is 9.59 Å². The van der Waals surface area contributed by atoms with E-state index in [1.807, 2.05) is 32.0 Å². The Morgan fingerprint density at radius 1 is 1.19 bits per heavy atom. The number of benzene rings is 1. The molecule has 0 aromatic heterocycles. The van der Waals surface area contributed by atoms with Gasteiger partial charge in [-0.15, -0.1) is 0 Å². The molecule has 0 bridgehead atoms. The standard InChI is InChI=1S/C13H17NO2/c1-10(2)8-13(16)14-9-12(15)11-6-4-3-5-7-11/h3-7,10H,8-9H2,1-2H3,(H,14,16). The highest BCUT2D eigenvalue weighted by molar-refractivity contribution is 5.99. The molecule has 3 heteroatoms. The third-order valence-electron chi connectivity index (χ3n) is 2.14. The lowest BCUT2D eigenvalue weighted by Crippen LogP contribution is -2.30. The highest BCUT2D eigenvalue weighted by Crippen LogP contribution is 2.00. The average Bonchev–Trinajstić information content (AvgIpc) is 2.26. The van der Waals surface area contributed by atoms with E-state index in [9.17, 15) is 9.59 Å². The first-order valence-corrected chi connectivity index (χ1v) is 5.44. The van der Waals surface area contributed by atoms with Crippen LogP contribution < -0.4 is 5.32 Å². The second-order valence-electron chi connectivity index (χ2n) is 4.16. The maximum atomic E-state index is 11.6. The van der Waals surface area contributed by atoms with Crippen molar-refractivity contribution in [1.29, 1.82) is 0 Å². The normalized spacial score (nSPS) is 10.2. The minimum Gasteiger partial charge on any atom is -0.349 e. The predicted octanol–water partition coefficient (Wildman–Crippen LogP) is 2.03. The van der Waals surface area contributed by atoms with Crippen LogP contribution in [-0.4, -0.2) is 18.2 Å². The number of Topliss-reactive ketones (excluding diaryl/α,β-unsaturated/α-hetero) is 1. The first-order chi connectivity index (χ1) is 7.59. The van der Waals surface area contributed by atoms with Crippen LogP contribution in [0.15, 0.2) is 30.3 Å². The Bertz CT molecular complexity index is 357. The van der Waals surface area contributed by atoms with Gasteiger partial charge >= 0.3 is 0 Å². The van der Waals surface area contributed by atoms with Crippen LogP contribution in [0.2, 0.25) is 0 Å². The predicted molar refractivity (Wildman–Crippen MR) is 63.2 cm³/mol. The lowest BCUT2D eigenvalue weighted by Gasteiger charge is -2.06. The monoisotopic (exact) mass is 219 g/mol. The lowest BCUT2D eigenvalue weighted by molar-refractivity contribution is -0.121. The van der Waals surface area contributed by atoms with Crippen molar-refractivity contribution in [2.45, 2.75) is 20.3 Å². The zero-order chi connectivity index (χ0) is 12.0. The number of amides is 1. The van der Waals surface area contributed by atoms with Gasteiger partial charge in [0.1, 0.15) is 0 Å². The van der Waals surface area contributed by atoms with Gasteiger partial charge in [-0.1, -0.05) is 44.2 Å². The fourth-order valence-electron chi connectivity index (χ4n) is 1.35. The van der Waals surface area contributed by atoms with Crippen LogP contribution in [0.3, 0.4) is 0 Å². The van der Waals surface area contributed by atoms with E-state index in [1.54, 1.807) is 12.1 Å². The quantitative estimate of drug-likeness (QED) is 0.770. The Morgan fingerprint density at radius 3 is 2.38 bits per heavy atom. The molecule has 0 fully saturated rings. The molecule has 0 atom stereocenters. The summed E-state index contributed by atoms with van der Waals surface area (Å²) in [6.45, 7) is 4.02. The molecule has 0 radical (unpaired) electrons. The average molecular weight is 219 g/mol. The zero-order valence-electron chi connectivity index (χ0n) is 9.69. The summed E-state index contributed by atoms with van der Waals surface area (Å²) in [7, 11) is 0. The van der Waals surface area contributed by atoms with Gasteiger partial charge in [0, 0.05) is 12.0 Å². The van der Waals surface area contributed by atoms with Crippen LogP contribution in [0, 0.1) is 5.92 Å². The summed E-state index contributed by atoms with van der Waals surface area (Å²) in [6, 6.07) is 8.97. The topological polar surface area (TPSA) is 46.2 Å². The van der Waals surface area contributed by atoms with Gasteiger partial charge in [-0.05, 0) is 5.92 Å². The molecule has 1 rings (SSSR count). The third-order valence-corrected chi connectivity index (χ3v) is 2.14. The van der Waals surface area contributed by atoms with E-state index in [4.69, 9.17) is 0 Å². The Kier molecular flexibility index (Phi) is 4.70. The minimum absolute atomic E-state index is 0.0577. The molecule has 0 heterocycles. The van der Waals surface area contributed by atoms with Crippen molar-refractivity contribution in [2.75, 3.05) is 6.54 Å². The molecule has 1 aromatic rings. The maximum Gasteiger partial charge on any atom is 0.220 e. The fourth-order valence-corrected chi connectivity index (χ4v) is 1.35. The third kappa shape index (κ3) is 4.26. The van der Waals surface area contributed by atoms with Crippen LogP contribution in [0.5, 0.6) is 0 Å². The number of ketones is 1. The van der Waals surface area contributed by atoms with Crippen molar-refractivity contribution in [1.82, 2.24) is 5.32 Å². The van der Waals surface area contributed by atoms with Crippen molar-refractivity contribution in [3.63, 3.8) is 0 Å². The van der Waals surface area contributed by atoms with Crippen molar-refractivity contribution in [3.8, 4) is 0 Å². The molecule has 3 nitrogen and oxygen atoms in total. The van der Waals surface area contributed by atoms with Gasteiger partial charge in [0.25, 0.3) is 0 Å². The lowest BCUT2D eigenvalue weighted by atomic mass is 10.1. The van der Waals surface area contributed by atoms with E-state index in [0.29, 0.717) is 17.9 Å². The summed E-state index contributed by atoms with van der Waals surface area (Å²) < 4.78 is 0. The highest BCUT2D eigenvalue weighted by Gasteiger charge is 2.08. The summed E-state index contributed by atoms with van der Waals surface area (Å²) in [5, 5.41) is 2.62. The molecular weight excluding hydrogens is 202 g/mol. The molecule has 0 saturated carbocycles. The van der Waals surface area contributed by atoms with E-state index in [1.165, 1.54) is 0 Å². The van der Waals surface area contributed by atoms with Crippen molar-refractivity contribution >= 4 is 11.7 Å². The SMILES string of the molecule is CC(C)CC(=O)NCC(=O)c1ccccc1. The second-order valence-corrected chi connectivity index (χ2v) is 4.16. The Labute approximate surface area is 95.9 Å². The highest BCUT2D eigenvalue weighted by atomic mass is 16.2. The molecule has 0 aliphatic heterocycles. The summed E-state index contributed by atoms with van der Waals surface area (Å²) in [4.78, 5) is 22.9. The molecule has 1 amide bonds. The van der Waals surface area contributed by atoms with Gasteiger partial charge in [0.15, 0.2) is 5.78 Å². The van der Waals surface area contributed by atoms with Crippen molar-refractivity contribution in [2.24, 2.45) is 5.92 Å². The van der Waals surface area contributed by atoms with Gasteiger partial charge in [0.2, 0.25) is 5.91 Å². The van der Waals surface area contributed by atoms with Crippen LogP contribution in [-0.2, 0) is 4.79 Å². The van der Waals surface area contributed by atoms with Gasteiger partial charge < -0.3 is 5.32 Å². The number of nitrogens with one attached hydrogen (secondary N) is 1. The number of hydrogen-bond acceptors (Lipinski definition) is 2. The summed E-state index contributed by atoms with van der Waals surface area (Å²) >= 11 is 0. The molecule has 0 aliphatic carbocycles. The Morgan fingerprint density at radius 2 is 1.81 bits per heavy atom. The fraction of sp³-hybridized carbons (Fsp3) is 0.385. The van der Waals surface area contributed by atoms with Crippen LogP contribution >= 0.6 is 0 Å². The van der Waals surface area contributed by atoms with Crippen LogP contribution in [0.4, 0.5) is 0 Å². The molecule has 0 saturated heterocycles. The number of carbonyl (C=O) groups is 2. The minimum atomic E-state index is -0.0701. The van der Waals surface area contributed by atoms with E-state index in [0.717, 1.165) is 0 Å². The summed E-state index contributed by atoms with van der Waals surface area (Å²) in [5.74, 6) is 0.184. The molecule has 1 aromatic carbocycles. The number of rotatable bonds is 5. The first-order valence-electron chi connectivity index (χ1n) is 5.44. The van der Waals surface area contributed by atoms with Gasteiger partial charge in [0.05, 0.1) is 6.54 Å². The molecular formula is C13H17NO2. The number of carbonyl (C=O) groups excluding carboxylic acids is 2. The summed E-state index contributed by atoms with van der Waals surface area (Å²) in [5.41, 5.74) is 0.632. The van der Waals surface area contributed by atoms with E-state index in [-0.39, 0.29) is 18.2 Å². The molecule has 16 heavy (non-hydrogen) atoms. The molecule has 0 spiro atoms. The van der Waals surface area contributed by atoms with Crippen molar-refractivity contribution < 1.29 is 9.59 Å².